The molecular formula is C20H20N4O6S. The van der Waals surface area contributed by atoms with E-state index in [1.807, 2.05) is 31.2 Å². The molecule has 11 heteroatoms. The molecule has 0 saturated heterocycles. The first-order valence-corrected chi connectivity index (χ1v) is 11.2. The van der Waals surface area contributed by atoms with E-state index in [-0.39, 0.29) is 19.2 Å². The second-order valence-corrected chi connectivity index (χ2v) is 8.87. The highest BCUT2D eigenvalue weighted by atomic mass is 32.2. The summed E-state index contributed by atoms with van der Waals surface area (Å²) in [6.45, 7) is 1.59. The summed E-state index contributed by atoms with van der Waals surface area (Å²) in [6, 6.07) is 12.3. The van der Waals surface area contributed by atoms with Gasteiger partial charge in [-0.1, -0.05) is 35.0 Å². The van der Waals surface area contributed by atoms with E-state index in [4.69, 9.17) is 14.0 Å². The van der Waals surface area contributed by atoms with Crippen LogP contribution in [0.2, 0.25) is 0 Å². The SMILES string of the molecule is Cc1ccc(-c2noc(CNC(=O)CN(c3ccc4c(c3)OCO4)S(C)(=O)=O)n2)cc1. The fourth-order valence-electron chi connectivity index (χ4n) is 2.95. The monoisotopic (exact) mass is 444 g/mol. The zero-order valence-corrected chi connectivity index (χ0v) is 17.7. The maximum atomic E-state index is 12.4. The van der Waals surface area contributed by atoms with Gasteiger partial charge in [-0.05, 0) is 19.1 Å². The van der Waals surface area contributed by atoms with Gasteiger partial charge in [0, 0.05) is 11.6 Å². The van der Waals surface area contributed by atoms with Gasteiger partial charge < -0.3 is 19.3 Å². The summed E-state index contributed by atoms with van der Waals surface area (Å²) in [7, 11) is -3.72. The number of carbonyl (C=O) groups excluding carboxylic acids is 1. The van der Waals surface area contributed by atoms with Gasteiger partial charge in [-0.15, -0.1) is 0 Å². The number of rotatable bonds is 7. The molecule has 0 saturated carbocycles. The molecule has 162 valence electrons. The number of anilines is 1. The van der Waals surface area contributed by atoms with Crippen LogP contribution in [0.1, 0.15) is 11.5 Å². The van der Waals surface area contributed by atoms with Crippen molar-refractivity contribution in [3.63, 3.8) is 0 Å². The van der Waals surface area contributed by atoms with Gasteiger partial charge in [0.15, 0.2) is 11.5 Å². The summed E-state index contributed by atoms with van der Waals surface area (Å²) in [4.78, 5) is 16.7. The van der Waals surface area contributed by atoms with Crippen molar-refractivity contribution in [2.75, 3.05) is 23.9 Å². The van der Waals surface area contributed by atoms with E-state index in [0.29, 0.717) is 23.0 Å². The normalized spacial score (nSPS) is 12.6. The first kappa shape index (κ1) is 20.7. The van der Waals surface area contributed by atoms with E-state index < -0.39 is 22.5 Å². The highest BCUT2D eigenvalue weighted by Gasteiger charge is 2.24. The molecule has 0 radical (unpaired) electrons. The summed E-state index contributed by atoms with van der Waals surface area (Å²) < 4.78 is 41.2. The van der Waals surface area contributed by atoms with Gasteiger partial charge in [0.2, 0.25) is 34.4 Å². The predicted octanol–water partition coefficient (Wildman–Crippen LogP) is 1.86. The van der Waals surface area contributed by atoms with Crippen molar-refractivity contribution >= 4 is 21.6 Å². The zero-order valence-electron chi connectivity index (χ0n) is 16.9. The van der Waals surface area contributed by atoms with E-state index in [0.717, 1.165) is 21.7 Å². The van der Waals surface area contributed by atoms with Crippen LogP contribution in [-0.4, -0.2) is 44.1 Å². The third kappa shape index (κ3) is 4.77. The molecule has 2 aromatic carbocycles. The van der Waals surface area contributed by atoms with Crippen molar-refractivity contribution in [3.05, 3.63) is 53.9 Å². The molecule has 0 unspecified atom stereocenters. The van der Waals surface area contributed by atoms with E-state index in [1.165, 1.54) is 6.07 Å². The van der Waals surface area contributed by atoms with Crippen LogP contribution in [0.5, 0.6) is 11.5 Å². The van der Waals surface area contributed by atoms with Gasteiger partial charge in [0.1, 0.15) is 6.54 Å². The molecule has 0 aliphatic carbocycles. The minimum absolute atomic E-state index is 0.0313. The second kappa shape index (κ2) is 8.26. The molecule has 2 heterocycles. The number of fused-ring (bicyclic) bond motifs is 1. The molecule has 1 amide bonds. The van der Waals surface area contributed by atoms with E-state index in [9.17, 15) is 13.2 Å². The first-order chi connectivity index (χ1) is 14.8. The summed E-state index contributed by atoms with van der Waals surface area (Å²) in [5, 5.41) is 6.51. The highest BCUT2D eigenvalue weighted by molar-refractivity contribution is 7.92. The fraction of sp³-hybridized carbons (Fsp3) is 0.250. The molecule has 31 heavy (non-hydrogen) atoms. The molecule has 0 bridgehead atoms. The average molecular weight is 444 g/mol. The average Bonchev–Trinajstić information content (AvgIpc) is 3.39. The van der Waals surface area contributed by atoms with E-state index in [1.54, 1.807) is 12.1 Å². The van der Waals surface area contributed by atoms with Gasteiger partial charge >= 0.3 is 0 Å². The molecule has 1 aliphatic heterocycles. The second-order valence-electron chi connectivity index (χ2n) is 6.96. The molecular weight excluding hydrogens is 424 g/mol. The number of amides is 1. The van der Waals surface area contributed by atoms with Crippen LogP contribution in [0, 0.1) is 6.92 Å². The molecule has 10 nitrogen and oxygen atoms in total. The number of aryl methyl sites for hydroxylation is 1. The molecule has 1 N–H and O–H groups in total. The van der Waals surface area contributed by atoms with Gasteiger partial charge in [0.25, 0.3) is 0 Å². The standard InChI is InChI=1S/C20H20N4O6S/c1-13-3-5-14(6-4-13)20-22-19(30-23-20)10-21-18(25)11-24(31(2,26)27)15-7-8-16-17(9-15)29-12-28-16/h3-9H,10-12H2,1-2H3,(H,21,25). The number of hydrogen-bond acceptors (Lipinski definition) is 8. The zero-order chi connectivity index (χ0) is 22.0. The van der Waals surface area contributed by atoms with E-state index >= 15 is 0 Å². The van der Waals surface area contributed by atoms with Crippen LogP contribution in [0.25, 0.3) is 11.4 Å². The van der Waals surface area contributed by atoms with Crippen molar-refractivity contribution in [1.82, 2.24) is 15.5 Å². The van der Waals surface area contributed by atoms with E-state index in [2.05, 4.69) is 15.5 Å². The van der Waals surface area contributed by atoms with Crippen LogP contribution < -0.4 is 19.1 Å². The number of hydrogen-bond donors (Lipinski definition) is 1. The lowest BCUT2D eigenvalue weighted by Crippen LogP contribution is -2.40. The lowest BCUT2D eigenvalue weighted by molar-refractivity contribution is -0.119. The minimum Gasteiger partial charge on any atom is -0.454 e. The van der Waals surface area contributed by atoms with Gasteiger partial charge in [-0.3, -0.25) is 9.10 Å². The first-order valence-electron chi connectivity index (χ1n) is 9.33. The van der Waals surface area contributed by atoms with Crippen molar-refractivity contribution in [2.45, 2.75) is 13.5 Å². The predicted molar refractivity (Wildman–Crippen MR) is 111 cm³/mol. The highest BCUT2D eigenvalue weighted by Crippen LogP contribution is 2.36. The number of ether oxygens (including phenoxy) is 2. The molecule has 1 aromatic heterocycles. The van der Waals surface area contributed by atoms with Crippen molar-refractivity contribution in [2.24, 2.45) is 0 Å². The van der Waals surface area contributed by atoms with Crippen molar-refractivity contribution in [1.29, 1.82) is 0 Å². The van der Waals surface area contributed by atoms with Crippen LogP contribution >= 0.6 is 0 Å². The molecule has 0 spiro atoms. The van der Waals surface area contributed by atoms with Crippen LogP contribution in [0.4, 0.5) is 5.69 Å². The van der Waals surface area contributed by atoms with Gasteiger partial charge in [0.05, 0.1) is 18.5 Å². The molecule has 0 fully saturated rings. The third-order valence-corrected chi connectivity index (χ3v) is 5.69. The Balaban J connectivity index is 1.41. The van der Waals surface area contributed by atoms with Gasteiger partial charge in [-0.2, -0.15) is 4.98 Å². The number of nitrogens with one attached hydrogen (secondary N) is 1. The molecule has 4 rings (SSSR count). The number of carbonyl (C=O) groups is 1. The summed E-state index contributed by atoms with van der Waals surface area (Å²) >= 11 is 0. The quantitative estimate of drug-likeness (QED) is 0.586. The Labute approximate surface area is 178 Å². The summed E-state index contributed by atoms with van der Waals surface area (Å²) in [5.41, 5.74) is 2.19. The Bertz CT molecular complexity index is 1210. The van der Waals surface area contributed by atoms with Gasteiger partial charge in [-0.25, -0.2) is 8.42 Å². The summed E-state index contributed by atoms with van der Waals surface area (Å²) in [5.74, 6) is 1.02. The molecule has 1 aliphatic rings. The van der Waals surface area contributed by atoms with Crippen LogP contribution in [0.3, 0.4) is 0 Å². The Hall–Kier alpha value is -3.60. The summed E-state index contributed by atoms with van der Waals surface area (Å²) in [6.07, 6.45) is 1.02. The number of benzene rings is 2. The van der Waals surface area contributed by atoms with Crippen molar-refractivity contribution in [3.8, 4) is 22.9 Å². The topological polar surface area (TPSA) is 124 Å². The van der Waals surface area contributed by atoms with Crippen LogP contribution in [0.15, 0.2) is 47.0 Å². The maximum absolute atomic E-state index is 12.4. The lowest BCUT2D eigenvalue weighted by Gasteiger charge is -2.21. The Morgan fingerprint density at radius 2 is 1.87 bits per heavy atom. The Morgan fingerprint density at radius 3 is 2.61 bits per heavy atom. The Morgan fingerprint density at radius 1 is 1.13 bits per heavy atom. The number of nitrogens with zero attached hydrogens (tertiary/aromatic N) is 3. The smallest absolute Gasteiger partial charge is 0.246 e. The minimum atomic E-state index is -3.72. The lowest BCUT2D eigenvalue weighted by atomic mass is 10.1. The number of aromatic nitrogens is 2. The number of sulfonamides is 1. The third-order valence-electron chi connectivity index (χ3n) is 4.55. The van der Waals surface area contributed by atoms with Crippen LogP contribution in [-0.2, 0) is 21.4 Å². The molecule has 0 atom stereocenters. The van der Waals surface area contributed by atoms with Crippen molar-refractivity contribution < 1.29 is 27.2 Å². The maximum Gasteiger partial charge on any atom is 0.246 e. The molecule has 3 aromatic rings. The largest absolute Gasteiger partial charge is 0.454 e. The fourth-order valence-corrected chi connectivity index (χ4v) is 3.80. The Kier molecular flexibility index (Phi) is 5.51.